The van der Waals surface area contributed by atoms with E-state index in [2.05, 4.69) is 25.1 Å². The summed E-state index contributed by atoms with van der Waals surface area (Å²) in [6, 6.07) is 7.07. The fourth-order valence-corrected chi connectivity index (χ4v) is 2.16. The van der Waals surface area contributed by atoms with Crippen molar-refractivity contribution in [2.24, 2.45) is 0 Å². The van der Waals surface area contributed by atoms with Crippen molar-refractivity contribution in [3.8, 4) is 0 Å². The second kappa shape index (κ2) is 4.63. The van der Waals surface area contributed by atoms with Crippen molar-refractivity contribution in [2.45, 2.75) is 51.9 Å². The second-order valence-electron chi connectivity index (χ2n) is 4.41. The molecule has 1 aliphatic carbocycles. The van der Waals surface area contributed by atoms with Gasteiger partial charge in [-0.25, -0.2) is 0 Å². The van der Waals surface area contributed by atoms with Crippen LogP contribution in [0.4, 0.5) is 0 Å². The number of unbranched alkanes of at least 4 members (excludes halogenated alkanes) is 3. The van der Waals surface area contributed by atoms with Crippen molar-refractivity contribution in [2.75, 3.05) is 0 Å². The van der Waals surface area contributed by atoms with Gasteiger partial charge in [0.1, 0.15) is 0 Å². The lowest BCUT2D eigenvalue weighted by Gasteiger charge is -2.19. The van der Waals surface area contributed by atoms with Crippen LogP contribution in [0.5, 0.6) is 0 Å². The van der Waals surface area contributed by atoms with Gasteiger partial charge in [0, 0.05) is 0 Å². The van der Waals surface area contributed by atoms with Crippen molar-refractivity contribution in [3.63, 3.8) is 0 Å². The molecule has 0 atom stereocenters. The molecule has 0 heteroatoms. The Morgan fingerprint density at radius 1 is 1.00 bits per heavy atom. The highest BCUT2D eigenvalue weighted by molar-refractivity contribution is 5.38. The molecule has 0 aromatic heterocycles. The van der Waals surface area contributed by atoms with E-state index >= 15 is 0 Å². The van der Waals surface area contributed by atoms with Gasteiger partial charge in [-0.15, -0.1) is 0 Å². The molecule has 0 bridgehead atoms. The average Bonchev–Trinajstić information content (AvgIpc) is 2.16. The Bertz CT molecular complexity index is 299. The first-order valence-electron chi connectivity index (χ1n) is 6.01. The summed E-state index contributed by atoms with van der Waals surface area (Å²) in [5.74, 6) is 0. The van der Waals surface area contributed by atoms with Crippen molar-refractivity contribution < 1.29 is 0 Å². The van der Waals surface area contributed by atoms with Gasteiger partial charge in [0.25, 0.3) is 0 Å². The minimum absolute atomic E-state index is 1.28. The van der Waals surface area contributed by atoms with E-state index in [9.17, 15) is 0 Å². The van der Waals surface area contributed by atoms with Gasteiger partial charge >= 0.3 is 0 Å². The van der Waals surface area contributed by atoms with Crippen LogP contribution < -0.4 is 0 Å². The van der Waals surface area contributed by atoms with E-state index in [0.717, 1.165) is 0 Å². The molecule has 0 nitrogen and oxygen atoms in total. The van der Waals surface area contributed by atoms with E-state index in [1.165, 1.54) is 44.9 Å². The van der Waals surface area contributed by atoms with Crippen LogP contribution in [-0.4, -0.2) is 0 Å². The largest absolute Gasteiger partial charge is 0.0654 e. The highest BCUT2D eigenvalue weighted by atomic mass is 14.2. The molecule has 0 spiro atoms. The molecule has 0 radical (unpaired) electrons. The zero-order valence-electron chi connectivity index (χ0n) is 9.18. The fraction of sp³-hybridized carbons (Fsp3) is 0.571. The zero-order chi connectivity index (χ0) is 9.80. The van der Waals surface area contributed by atoms with Gasteiger partial charge in [-0.2, -0.15) is 0 Å². The van der Waals surface area contributed by atoms with Gasteiger partial charge in [0.05, 0.1) is 0 Å². The van der Waals surface area contributed by atoms with Crippen LogP contribution in [-0.2, 0) is 19.3 Å². The van der Waals surface area contributed by atoms with Crippen LogP contribution in [0.1, 0.15) is 49.3 Å². The Morgan fingerprint density at radius 2 is 1.86 bits per heavy atom. The van der Waals surface area contributed by atoms with Crippen molar-refractivity contribution in [1.82, 2.24) is 0 Å². The van der Waals surface area contributed by atoms with Gasteiger partial charge in [-0.05, 0) is 42.4 Å². The summed E-state index contributed by atoms with van der Waals surface area (Å²) in [4.78, 5) is 0. The van der Waals surface area contributed by atoms with Crippen molar-refractivity contribution >= 4 is 0 Å². The van der Waals surface area contributed by atoms with Gasteiger partial charge in [-0.1, -0.05) is 44.4 Å². The second-order valence-corrected chi connectivity index (χ2v) is 4.41. The van der Waals surface area contributed by atoms with Crippen LogP contribution >= 0.6 is 0 Å². The Kier molecular flexibility index (Phi) is 3.23. The summed E-state index contributed by atoms with van der Waals surface area (Å²) in [6.45, 7) is 2.27. The lowest BCUT2D eigenvalue weighted by Crippen LogP contribution is -2.08. The molecule has 1 aromatic rings. The smallest absolute Gasteiger partial charge is 0.0235 e. The fourth-order valence-electron chi connectivity index (χ4n) is 2.16. The van der Waals surface area contributed by atoms with Crippen LogP contribution in [0, 0.1) is 0 Å². The van der Waals surface area contributed by atoms with E-state index < -0.39 is 0 Å². The quantitative estimate of drug-likeness (QED) is 0.615. The summed E-state index contributed by atoms with van der Waals surface area (Å²) < 4.78 is 0. The Morgan fingerprint density at radius 3 is 2.50 bits per heavy atom. The molecule has 2 rings (SSSR count). The predicted molar refractivity (Wildman–Crippen MR) is 61.7 cm³/mol. The molecule has 1 aliphatic rings. The number of benzene rings is 1. The zero-order valence-corrected chi connectivity index (χ0v) is 9.18. The first kappa shape index (κ1) is 9.76. The van der Waals surface area contributed by atoms with Crippen molar-refractivity contribution in [3.05, 3.63) is 34.9 Å². The molecule has 0 saturated heterocycles. The van der Waals surface area contributed by atoms with Gasteiger partial charge in [0.15, 0.2) is 0 Å². The molecule has 0 heterocycles. The minimum Gasteiger partial charge on any atom is -0.0654 e. The minimum atomic E-state index is 1.28. The molecule has 0 saturated carbocycles. The lowest BCUT2D eigenvalue weighted by molar-refractivity contribution is 0.665. The molecule has 14 heavy (non-hydrogen) atoms. The maximum Gasteiger partial charge on any atom is -0.0235 e. The maximum atomic E-state index is 2.42. The van der Waals surface area contributed by atoms with Crippen LogP contribution in [0.3, 0.4) is 0 Å². The molecule has 0 aliphatic heterocycles. The first-order chi connectivity index (χ1) is 6.90. The average molecular weight is 188 g/mol. The van der Waals surface area contributed by atoms with E-state index in [0.29, 0.717) is 0 Å². The monoisotopic (exact) mass is 188 g/mol. The summed E-state index contributed by atoms with van der Waals surface area (Å²) in [7, 11) is 0. The van der Waals surface area contributed by atoms with E-state index in [4.69, 9.17) is 0 Å². The summed E-state index contributed by atoms with van der Waals surface area (Å²) >= 11 is 0. The Hall–Kier alpha value is -0.780. The molecule has 0 N–H and O–H groups in total. The topological polar surface area (TPSA) is 0 Å². The van der Waals surface area contributed by atoms with Crippen LogP contribution in [0.15, 0.2) is 18.2 Å². The third-order valence-electron chi connectivity index (χ3n) is 3.25. The van der Waals surface area contributed by atoms with Crippen LogP contribution in [0.2, 0.25) is 0 Å². The number of hydrogen-bond donors (Lipinski definition) is 0. The number of fused-ring (bicyclic) bond motifs is 1. The summed E-state index contributed by atoms with van der Waals surface area (Å²) in [6.07, 6.45) is 9.41. The molecule has 0 unspecified atom stereocenters. The predicted octanol–water partition coefficient (Wildman–Crippen LogP) is 3.91. The van der Waals surface area contributed by atoms with Gasteiger partial charge in [-0.3, -0.25) is 0 Å². The van der Waals surface area contributed by atoms with Gasteiger partial charge in [0.2, 0.25) is 0 Å². The third kappa shape index (κ3) is 2.17. The Labute approximate surface area is 87.3 Å². The normalized spacial score (nSPS) is 13.5. The standard InChI is InChI=1S/C14H20/c1-2-3-4-5-6-12-7-8-13-9-10-14(13)11-12/h7-8,11H,2-6,9-10H2,1H3. The number of hydrogen-bond acceptors (Lipinski definition) is 0. The lowest BCUT2D eigenvalue weighted by atomic mass is 9.86. The number of aryl methyl sites for hydroxylation is 3. The Balaban J connectivity index is 1.81. The highest BCUT2D eigenvalue weighted by Gasteiger charge is 2.12. The molecule has 0 amide bonds. The molecule has 0 fully saturated rings. The first-order valence-corrected chi connectivity index (χ1v) is 6.01. The van der Waals surface area contributed by atoms with E-state index in [1.807, 2.05) is 0 Å². The third-order valence-corrected chi connectivity index (χ3v) is 3.25. The van der Waals surface area contributed by atoms with E-state index in [-0.39, 0.29) is 0 Å². The number of rotatable bonds is 5. The van der Waals surface area contributed by atoms with Gasteiger partial charge < -0.3 is 0 Å². The summed E-state index contributed by atoms with van der Waals surface area (Å²) in [5, 5.41) is 0. The van der Waals surface area contributed by atoms with E-state index in [1.54, 1.807) is 16.7 Å². The molecular formula is C14H20. The summed E-state index contributed by atoms with van der Waals surface area (Å²) in [5.41, 5.74) is 4.75. The SMILES string of the molecule is CCCCCCc1ccc2c(c1)CC2. The highest BCUT2D eigenvalue weighted by Crippen LogP contribution is 2.24. The molecule has 1 aromatic carbocycles. The molecule has 76 valence electrons. The van der Waals surface area contributed by atoms with Crippen molar-refractivity contribution in [1.29, 1.82) is 0 Å². The van der Waals surface area contributed by atoms with Crippen LogP contribution in [0.25, 0.3) is 0 Å². The maximum absolute atomic E-state index is 2.42. The molecular weight excluding hydrogens is 168 g/mol.